The maximum absolute atomic E-state index is 3.62. The number of hydrogen-bond donors (Lipinski definition) is 4. The Labute approximate surface area is 197 Å². The summed E-state index contributed by atoms with van der Waals surface area (Å²) < 4.78 is 0.793. The molecule has 0 amide bonds. The van der Waals surface area contributed by atoms with Crippen molar-refractivity contribution in [1.29, 1.82) is 0 Å². The van der Waals surface area contributed by atoms with Crippen LogP contribution >= 0.6 is 0 Å². The van der Waals surface area contributed by atoms with E-state index in [9.17, 15) is 0 Å². The van der Waals surface area contributed by atoms with Crippen molar-refractivity contribution in [3.63, 3.8) is 0 Å². The second kappa shape index (κ2) is 7.68. The highest BCUT2D eigenvalue weighted by Gasteiger charge is 2.12. The second-order valence-corrected chi connectivity index (χ2v) is 9.80. The third kappa shape index (κ3) is 3.98. The number of hydrogen-bond acceptors (Lipinski definition) is 0. The van der Waals surface area contributed by atoms with Gasteiger partial charge in [0.2, 0.25) is 0 Å². The van der Waals surface area contributed by atoms with Crippen LogP contribution in [0.1, 0.15) is 22.8 Å². The fourth-order valence-corrected chi connectivity index (χ4v) is 4.46. The van der Waals surface area contributed by atoms with Gasteiger partial charge in [-0.1, -0.05) is 0 Å². The summed E-state index contributed by atoms with van der Waals surface area (Å²) in [5.41, 5.74) is 7.86. The quantitative estimate of drug-likeness (QED) is 0.296. The first kappa shape index (κ1) is 20.4. The summed E-state index contributed by atoms with van der Waals surface area (Å²) in [6, 6.07) is 23.7. The molecule has 0 saturated heterocycles. The molecule has 0 fully saturated rings. The molecular formula is C29H28N5+. The maximum Gasteiger partial charge on any atom is 0.132 e. The normalized spacial score (nSPS) is 12.9. The highest BCUT2D eigenvalue weighted by molar-refractivity contribution is 5.69. The van der Waals surface area contributed by atoms with E-state index in [1.165, 1.54) is 16.8 Å². The van der Waals surface area contributed by atoms with Crippen LogP contribution in [0, 0.1) is 0 Å². The number of aromatic nitrogens is 4. The highest BCUT2D eigenvalue weighted by atomic mass is 15.3. The minimum atomic E-state index is 0.793. The lowest BCUT2D eigenvalue weighted by molar-refractivity contribution is 0.486. The standard InChI is InChI=1S/C29H28N5/c1-34(2,3)27-12-4-19(5-13-27)28-17-26-16-24-9-8-22(31-24)14-20-6-7-21(30-20)15-23-10-11-25(32-23)18-29(28)33-26/h4-18,30-33H,1-3H3/q+1. The van der Waals surface area contributed by atoms with Crippen LogP contribution in [0.15, 0.2) is 66.7 Å². The van der Waals surface area contributed by atoms with E-state index in [1.54, 1.807) is 0 Å². The Balaban J connectivity index is 1.56. The summed E-state index contributed by atoms with van der Waals surface area (Å²) in [6.07, 6.45) is 8.57. The van der Waals surface area contributed by atoms with Gasteiger partial charge in [0.25, 0.3) is 0 Å². The number of nitrogens with zero attached hydrogens (tertiary/aromatic N) is 1. The minimum absolute atomic E-state index is 0.793. The van der Waals surface area contributed by atoms with Crippen LogP contribution < -0.4 is 25.9 Å². The predicted molar refractivity (Wildman–Crippen MR) is 141 cm³/mol. The second-order valence-electron chi connectivity index (χ2n) is 9.80. The Morgan fingerprint density at radius 2 is 1.03 bits per heavy atom. The SMILES string of the molecule is C[N+](C)(C)c1ccc(-c2cc3[nH]c2=Cc2ccc([nH]2)C=c2ccc([nH]2)=Cc2ccc([nH]2)C=3)cc1. The van der Waals surface area contributed by atoms with Gasteiger partial charge in [-0.3, -0.25) is 4.48 Å². The van der Waals surface area contributed by atoms with E-state index in [-0.39, 0.29) is 0 Å². The molecule has 34 heavy (non-hydrogen) atoms. The molecular weight excluding hydrogens is 418 g/mol. The molecule has 4 aromatic heterocycles. The number of benzene rings is 1. The van der Waals surface area contributed by atoms with E-state index in [4.69, 9.17) is 0 Å². The van der Waals surface area contributed by atoms with Gasteiger partial charge in [-0.15, -0.1) is 0 Å². The van der Waals surface area contributed by atoms with Gasteiger partial charge >= 0.3 is 0 Å². The molecule has 0 spiro atoms. The summed E-state index contributed by atoms with van der Waals surface area (Å²) in [5, 5.41) is 4.25. The zero-order chi connectivity index (χ0) is 23.3. The third-order valence-electron chi connectivity index (χ3n) is 6.25. The van der Waals surface area contributed by atoms with Crippen LogP contribution in [0.3, 0.4) is 0 Å². The fraction of sp³-hybridized carbons (Fsp3) is 0.103. The molecule has 1 aliphatic heterocycles. The third-order valence-corrected chi connectivity index (χ3v) is 6.25. The minimum Gasteiger partial charge on any atom is -0.355 e. The Hall–Kier alpha value is -4.22. The molecule has 8 bridgehead atoms. The van der Waals surface area contributed by atoms with Gasteiger partial charge < -0.3 is 19.9 Å². The number of fused-ring (bicyclic) bond motifs is 8. The van der Waals surface area contributed by atoms with Crippen molar-refractivity contribution in [3.8, 4) is 11.1 Å². The van der Waals surface area contributed by atoms with Gasteiger partial charge in [0.15, 0.2) is 0 Å². The van der Waals surface area contributed by atoms with E-state index >= 15 is 0 Å². The molecule has 6 rings (SSSR count). The molecule has 0 saturated carbocycles. The Morgan fingerprint density at radius 1 is 0.500 bits per heavy atom. The molecule has 5 heteroatoms. The van der Waals surface area contributed by atoms with Crippen LogP contribution in [-0.2, 0) is 0 Å². The van der Waals surface area contributed by atoms with Crippen LogP contribution in [0.25, 0.3) is 35.4 Å². The summed E-state index contributed by atoms with van der Waals surface area (Å²) in [6.45, 7) is 0. The maximum atomic E-state index is 3.62. The Bertz CT molecular complexity index is 1730. The molecule has 4 N–H and O–H groups in total. The van der Waals surface area contributed by atoms with E-state index in [0.29, 0.717) is 0 Å². The van der Waals surface area contributed by atoms with Crippen molar-refractivity contribution in [2.24, 2.45) is 0 Å². The fourth-order valence-electron chi connectivity index (χ4n) is 4.46. The van der Waals surface area contributed by atoms with Gasteiger partial charge in [0, 0.05) is 49.7 Å². The molecule has 0 aliphatic carbocycles. The summed E-state index contributed by atoms with van der Waals surface area (Å²) >= 11 is 0. The van der Waals surface area contributed by atoms with Crippen LogP contribution in [0.2, 0.25) is 0 Å². The molecule has 0 atom stereocenters. The number of quaternary nitrogens is 1. The number of nitrogens with one attached hydrogen (secondary N) is 4. The molecule has 5 aromatic rings. The molecule has 1 aliphatic rings. The largest absolute Gasteiger partial charge is 0.355 e. The zero-order valence-electron chi connectivity index (χ0n) is 19.6. The first-order valence-corrected chi connectivity index (χ1v) is 11.5. The molecule has 0 unspecified atom stereocenters. The van der Waals surface area contributed by atoms with Crippen molar-refractivity contribution in [3.05, 3.63) is 111 Å². The van der Waals surface area contributed by atoms with Gasteiger partial charge in [-0.05, 0) is 96.6 Å². The summed E-state index contributed by atoms with van der Waals surface area (Å²) in [7, 11) is 6.55. The number of H-pyrrole nitrogens is 4. The van der Waals surface area contributed by atoms with Crippen molar-refractivity contribution >= 4 is 30.0 Å². The molecule has 1 aromatic carbocycles. The Kier molecular flexibility index (Phi) is 4.61. The van der Waals surface area contributed by atoms with Crippen LogP contribution in [0.5, 0.6) is 0 Å². The van der Waals surface area contributed by atoms with Crippen LogP contribution in [0.4, 0.5) is 5.69 Å². The van der Waals surface area contributed by atoms with Crippen molar-refractivity contribution in [1.82, 2.24) is 24.4 Å². The van der Waals surface area contributed by atoms with Gasteiger partial charge in [0.1, 0.15) is 5.69 Å². The van der Waals surface area contributed by atoms with E-state index < -0.39 is 0 Å². The molecule has 5 nitrogen and oxygen atoms in total. The van der Waals surface area contributed by atoms with Gasteiger partial charge in [0.05, 0.1) is 21.1 Å². The van der Waals surface area contributed by atoms with Crippen molar-refractivity contribution < 1.29 is 0 Å². The lowest BCUT2D eigenvalue weighted by Crippen LogP contribution is -2.34. The first-order valence-electron chi connectivity index (χ1n) is 11.5. The summed E-state index contributed by atoms with van der Waals surface area (Å²) in [4.78, 5) is 14.1. The zero-order valence-corrected chi connectivity index (χ0v) is 19.6. The van der Waals surface area contributed by atoms with E-state index in [2.05, 4.69) is 132 Å². The number of rotatable bonds is 2. The monoisotopic (exact) mass is 446 g/mol. The van der Waals surface area contributed by atoms with Crippen molar-refractivity contribution in [2.45, 2.75) is 0 Å². The van der Waals surface area contributed by atoms with E-state index in [1.807, 2.05) is 0 Å². The van der Waals surface area contributed by atoms with Crippen LogP contribution in [-0.4, -0.2) is 41.1 Å². The van der Waals surface area contributed by atoms with Gasteiger partial charge in [-0.2, -0.15) is 0 Å². The highest BCUT2D eigenvalue weighted by Crippen LogP contribution is 2.22. The number of aromatic amines is 4. The molecule has 0 radical (unpaired) electrons. The summed E-state index contributed by atoms with van der Waals surface area (Å²) in [5.74, 6) is 0. The smallest absolute Gasteiger partial charge is 0.132 e. The van der Waals surface area contributed by atoms with Crippen molar-refractivity contribution in [2.75, 3.05) is 21.1 Å². The topological polar surface area (TPSA) is 63.2 Å². The first-order chi connectivity index (χ1) is 16.4. The lowest BCUT2D eigenvalue weighted by atomic mass is 10.1. The van der Waals surface area contributed by atoms with Gasteiger partial charge in [-0.25, -0.2) is 0 Å². The Morgan fingerprint density at radius 3 is 1.59 bits per heavy atom. The lowest BCUT2D eigenvalue weighted by Gasteiger charge is -2.23. The van der Waals surface area contributed by atoms with E-state index in [0.717, 1.165) is 48.7 Å². The molecule has 168 valence electrons. The average Bonchev–Trinajstić information content (AvgIpc) is 3.58. The predicted octanol–water partition coefficient (Wildman–Crippen LogP) is 2.49. The average molecular weight is 447 g/mol. The molecule has 5 heterocycles.